The van der Waals surface area contributed by atoms with Crippen molar-refractivity contribution in [1.82, 2.24) is 0 Å². The Morgan fingerprint density at radius 3 is 2.64 bits per heavy atom. The molecular formula is C21H21NO3. The zero-order valence-electron chi connectivity index (χ0n) is 14.0. The van der Waals surface area contributed by atoms with Gasteiger partial charge in [0, 0.05) is 17.4 Å². The molecule has 0 bridgehead atoms. The van der Waals surface area contributed by atoms with Gasteiger partial charge >= 0.3 is 0 Å². The Morgan fingerprint density at radius 1 is 1.12 bits per heavy atom. The number of anilines is 1. The highest BCUT2D eigenvalue weighted by Gasteiger charge is 2.28. The van der Waals surface area contributed by atoms with Gasteiger partial charge in [-0.1, -0.05) is 43.2 Å². The van der Waals surface area contributed by atoms with E-state index in [0.29, 0.717) is 29.4 Å². The Hall–Kier alpha value is -2.75. The van der Waals surface area contributed by atoms with E-state index in [4.69, 9.17) is 14.9 Å². The number of Topliss-reactive ketones (excluding diaryl/α,β-unsaturated/α-hetero) is 1. The van der Waals surface area contributed by atoms with Gasteiger partial charge in [-0.25, -0.2) is 0 Å². The van der Waals surface area contributed by atoms with E-state index in [2.05, 4.69) is 0 Å². The minimum absolute atomic E-state index is 0.0398. The first-order valence-electron chi connectivity index (χ1n) is 8.75. The second-order valence-electron chi connectivity index (χ2n) is 6.62. The number of nitrogen functional groups attached to an aromatic ring is 1. The molecule has 1 saturated carbocycles. The maximum absolute atomic E-state index is 12.6. The number of furan rings is 1. The zero-order chi connectivity index (χ0) is 17.2. The molecule has 0 spiro atoms. The second kappa shape index (κ2) is 6.63. The lowest BCUT2D eigenvalue weighted by atomic mass is 10.00. The van der Waals surface area contributed by atoms with Crippen LogP contribution in [0.5, 0.6) is 5.75 Å². The third-order valence-corrected chi connectivity index (χ3v) is 4.90. The van der Waals surface area contributed by atoms with Crippen molar-refractivity contribution in [3.63, 3.8) is 0 Å². The molecule has 2 aromatic carbocycles. The van der Waals surface area contributed by atoms with Gasteiger partial charge in [-0.15, -0.1) is 0 Å². The van der Waals surface area contributed by atoms with Gasteiger partial charge in [-0.2, -0.15) is 0 Å². The molecule has 1 heterocycles. The van der Waals surface area contributed by atoms with E-state index in [1.165, 1.54) is 0 Å². The first-order chi connectivity index (χ1) is 12.2. The van der Waals surface area contributed by atoms with Crippen molar-refractivity contribution in [2.75, 3.05) is 5.73 Å². The van der Waals surface area contributed by atoms with Crippen LogP contribution in [0.2, 0.25) is 0 Å². The minimum Gasteiger partial charge on any atom is -0.489 e. The van der Waals surface area contributed by atoms with E-state index in [1.807, 2.05) is 42.5 Å². The summed E-state index contributed by atoms with van der Waals surface area (Å²) >= 11 is 0. The van der Waals surface area contributed by atoms with E-state index >= 15 is 0 Å². The average Bonchev–Trinajstić information content (AvgIpc) is 3.29. The number of ketones is 1. The van der Waals surface area contributed by atoms with Gasteiger partial charge in [0.25, 0.3) is 0 Å². The van der Waals surface area contributed by atoms with Crippen LogP contribution in [0.1, 0.15) is 41.8 Å². The summed E-state index contributed by atoms with van der Waals surface area (Å²) in [5, 5.41) is 0.772. The average molecular weight is 335 g/mol. The molecule has 0 atom stereocenters. The molecule has 1 aliphatic rings. The van der Waals surface area contributed by atoms with E-state index in [-0.39, 0.29) is 11.7 Å². The zero-order valence-corrected chi connectivity index (χ0v) is 14.0. The van der Waals surface area contributed by atoms with Gasteiger partial charge in [0.2, 0.25) is 5.78 Å². The maximum atomic E-state index is 12.6. The van der Waals surface area contributed by atoms with Crippen LogP contribution >= 0.6 is 0 Å². The molecule has 0 amide bonds. The molecule has 1 aliphatic carbocycles. The summed E-state index contributed by atoms with van der Waals surface area (Å²) in [6.07, 6.45) is 4.07. The van der Waals surface area contributed by atoms with Crippen LogP contribution in [-0.2, 0) is 6.61 Å². The molecule has 2 N–H and O–H groups in total. The summed E-state index contributed by atoms with van der Waals surface area (Å²) in [7, 11) is 0. The molecule has 128 valence electrons. The lowest BCUT2D eigenvalue weighted by molar-refractivity contribution is 0.0898. The highest BCUT2D eigenvalue weighted by molar-refractivity contribution is 6.07. The summed E-state index contributed by atoms with van der Waals surface area (Å²) in [5.41, 5.74) is 8.31. The van der Waals surface area contributed by atoms with Crippen LogP contribution in [0.3, 0.4) is 0 Å². The quantitative estimate of drug-likeness (QED) is 0.669. The molecule has 0 unspecified atom stereocenters. The molecule has 0 radical (unpaired) electrons. The van der Waals surface area contributed by atoms with Gasteiger partial charge in [0.05, 0.1) is 5.69 Å². The number of fused-ring (bicyclic) bond motifs is 1. The number of carbonyl (C=O) groups is 1. The molecule has 25 heavy (non-hydrogen) atoms. The van der Waals surface area contributed by atoms with Crippen molar-refractivity contribution < 1.29 is 13.9 Å². The fraction of sp³-hybridized carbons (Fsp3) is 0.286. The van der Waals surface area contributed by atoms with Crippen LogP contribution in [0.4, 0.5) is 5.69 Å². The number of carbonyl (C=O) groups excluding carboxylic acids is 1. The van der Waals surface area contributed by atoms with Crippen LogP contribution < -0.4 is 10.5 Å². The van der Waals surface area contributed by atoms with Crippen molar-refractivity contribution in [1.29, 1.82) is 0 Å². The highest BCUT2D eigenvalue weighted by Crippen LogP contribution is 2.35. The number of ether oxygens (including phenoxy) is 1. The Labute approximate surface area is 146 Å². The van der Waals surface area contributed by atoms with Crippen molar-refractivity contribution in [3.05, 3.63) is 59.9 Å². The van der Waals surface area contributed by atoms with Crippen LogP contribution in [0, 0.1) is 5.92 Å². The summed E-state index contributed by atoms with van der Waals surface area (Å²) < 4.78 is 11.6. The topological polar surface area (TPSA) is 65.5 Å². The number of hydrogen-bond acceptors (Lipinski definition) is 4. The molecule has 1 fully saturated rings. The molecule has 4 heteroatoms. The van der Waals surface area contributed by atoms with Crippen LogP contribution in [-0.4, -0.2) is 5.78 Å². The predicted molar refractivity (Wildman–Crippen MR) is 97.7 cm³/mol. The standard InChI is InChI=1S/C21H21NO3/c22-19-17-11-10-16(24-13-14-6-2-1-3-7-14)12-18(17)25-21(19)20(23)15-8-4-5-9-15/h1-3,6-7,10-12,15H,4-5,8-9,13,22H2. The van der Waals surface area contributed by atoms with E-state index < -0.39 is 0 Å². The number of rotatable bonds is 5. The minimum atomic E-state index is 0.0398. The Kier molecular flexibility index (Phi) is 4.18. The lowest BCUT2D eigenvalue weighted by Crippen LogP contribution is -2.11. The SMILES string of the molecule is Nc1c(C(=O)C2CCCC2)oc2cc(OCc3ccccc3)ccc12. The van der Waals surface area contributed by atoms with Gasteiger partial charge in [-0.05, 0) is 30.5 Å². The third-order valence-electron chi connectivity index (χ3n) is 4.90. The van der Waals surface area contributed by atoms with Crippen molar-refractivity contribution in [3.8, 4) is 5.75 Å². The van der Waals surface area contributed by atoms with E-state index in [1.54, 1.807) is 6.07 Å². The number of benzene rings is 2. The molecule has 0 saturated heterocycles. The first-order valence-corrected chi connectivity index (χ1v) is 8.75. The maximum Gasteiger partial charge on any atom is 0.203 e. The normalized spacial score (nSPS) is 14.9. The summed E-state index contributed by atoms with van der Waals surface area (Å²) in [5.74, 6) is 1.10. The van der Waals surface area contributed by atoms with Gasteiger partial charge < -0.3 is 14.9 Å². The van der Waals surface area contributed by atoms with Crippen molar-refractivity contribution in [2.45, 2.75) is 32.3 Å². The molecule has 0 aliphatic heterocycles. The van der Waals surface area contributed by atoms with Gasteiger partial charge in [-0.3, -0.25) is 4.79 Å². The molecular weight excluding hydrogens is 314 g/mol. The number of hydrogen-bond donors (Lipinski definition) is 1. The van der Waals surface area contributed by atoms with Crippen molar-refractivity contribution in [2.24, 2.45) is 5.92 Å². The Morgan fingerprint density at radius 2 is 1.88 bits per heavy atom. The summed E-state index contributed by atoms with van der Waals surface area (Å²) in [6, 6.07) is 15.5. The predicted octanol–water partition coefficient (Wildman–Crippen LogP) is 4.97. The first kappa shape index (κ1) is 15.8. The second-order valence-corrected chi connectivity index (χ2v) is 6.62. The summed E-state index contributed by atoms with van der Waals surface area (Å²) in [4.78, 5) is 12.6. The molecule has 3 aromatic rings. The largest absolute Gasteiger partial charge is 0.489 e. The van der Waals surface area contributed by atoms with Crippen LogP contribution in [0.15, 0.2) is 52.9 Å². The van der Waals surface area contributed by atoms with Gasteiger partial charge in [0.15, 0.2) is 5.76 Å². The number of nitrogens with two attached hydrogens (primary N) is 1. The lowest BCUT2D eigenvalue weighted by Gasteiger charge is -2.05. The van der Waals surface area contributed by atoms with E-state index in [0.717, 1.165) is 36.6 Å². The molecule has 4 nitrogen and oxygen atoms in total. The smallest absolute Gasteiger partial charge is 0.203 e. The summed E-state index contributed by atoms with van der Waals surface area (Å²) in [6.45, 7) is 0.483. The highest BCUT2D eigenvalue weighted by atomic mass is 16.5. The fourth-order valence-electron chi connectivity index (χ4n) is 3.48. The third kappa shape index (κ3) is 3.12. The monoisotopic (exact) mass is 335 g/mol. The van der Waals surface area contributed by atoms with Crippen LogP contribution in [0.25, 0.3) is 11.0 Å². The Balaban J connectivity index is 1.57. The Bertz CT molecular complexity index is 892. The molecule has 1 aromatic heterocycles. The molecule has 4 rings (SSSR count). The fourth-order valence-corrected chi connectivity index (χ4v) is 3.48. The van der Waals surface area contributed by atoms with Gasteiger partial charge in [0.1, 0.15) is 17.9 Å². The van der Waals surface area contributed by atoms with Crippen molar-refractivity contribution >= 4 is 22.4 Å². The van der Waals surface area contributed by atoms with E-state index in [9.17, 15) is 4.79 Å².